The molecule has 2 aliphatic carbocycles. The Labute approximate surface area is 86.8 Å². The summed E-state index contributed by atoms with van der Waals surface area (Å²) < 4.78 is 11.2. The maximum absolute atomic E-state index is 6.04. The van der Waals surface area contributed by atoms with E-state index in [1.165, 1.54) is 25.7 Å². The van der Waals surface area contributed by atoms with Crippen LogP contribution in [-0.2, 0) is 9.47 Å². The molecule has 2 saturated carbocycles. The first kappa shape index (κ1) is 9.23. The molecule has 1 aliphatic heterocycles. The number of hydrogen-bond acceptors (Lipinski definition) is 2. The van der Waals surface area contributed by atoms with E-state index in [2.05, 4.69) is 0 Å². The molecule has 0 bridgehead atoms. The highest BCUT2D eigenvalue weighted by molar-refractivity contribution is 6.11. The molecule has 1 saturated heterocycles. The summed E-state index contributed by atoms with van der Waals surface area (Å²) in [7, 11) is 7.80. The Bertz CT molecular complexity index is 245. The van der Waals surface area contributed by atoms with E-state index in [-0.39, 0.29) is 11.6 Å². The van der Waals surface area contributed by atoms with Crippen molar-refractivity contribution in [2.75, 3.05) is 13.7 Å². The van der Waals surface area contributed by atoms with Gasteiger partial charge in [-0.3, -0.25) is 0 Å². The predicted octanol–water partition coefficient (Wildman–Crippen LogP) is 1.33. The SMILES string of the molecule is [B]C1O[C@@]2(COC)CC3CCC[C@H]1C32. The van der Waals surface area contributed by atoms with Gasteiger partial charge >= 0.3 is 0 Å². The molecular formula is C11H17BO2. The van der Waals surface area contributed by atoms with Crippen LogP contribution in [0.25, 0.3) is 0 Å². The highest BCUT2D eigenvalue weighted by Gasteiger charge is 2.64. The van der Waals surface area contributed by atoms with Crippen LogP contribution >= 0.6 is 0 Å². The van der Waals surface area contributed by atoms with E-state index in [4.69, 9.17) is 17.3 Å². The molecule has 2 nitrogen and oxygen atoms in total. The van der Waals surface area contributed by atoms with Crippen molar-refractivity contribution in [3.05, 3.63) is 0 Å². The van der Waals surface area contributed by atoms with Gasteiger partial charge in [0.1, 0.15) is 7.85 Å². The lowest BCUT2D eigenvalue weighted by Crippen LogP contribution is -2.57. The summed E-state index contributed by atoms with van der Waals surface area (Å²) in [6.07, 6.45) is 5.15. The van der Waals surface area contributed by atoms with Crippen molar-refractivity contribution in [1.29, 1.82) is 0 Å². The van der Waals surface area contributed by atoms with Crippen LogP contribution in [0.1, 0.15) is 25.7 Å². The number of rotatable bonds is 2. The van der Waals surface area contributed by atoms with E-state index in [0.717, 1.165) is 12.5 Å². The predicted molar refractivity (Wildman–Crippen MR) is 54.2 cm³/mol. The molecule has 76 valence electrons. The van der Waals surface area contributed by atoms with Crippen LogP contribution in [-0.4, -0.2) is 33.2 Å². The summed E-state index contributed by atoms with van der Waals surface area (Å²) >= 11 is 0. The second-order valence-electron chi connectivity index (χ2n) is 5.16. The van der Waals surface area contributed by atoms with Gasteiger partial charge in [0.25, 0.3) is 0 Å². The van der Waals surface area contributed by atoms with Crippen molar-refractivity contribution >= 4 is 7.85 Å². The molecule has 0 aromatic heterocycles. The van der Waals surface area contributed by atoms with Gasteiger partial charge in [-0.1, -0.05) is 6.42 Å². The quantitative estimate of drug-likeness (QED) is 0.614. The normalized spacial score (nSPS) is 55.2. The molecule has 0 aromatic rings. The van der Waals surface area contributed by atoms with Crippen LogP contribution in [0.5, 0.6) is 0 Å². The first-order valence-electron chi connectivity index (χ1n) is 5.69. The van der Waals surface area contributed by atoms with Gasteiger partial charge < -0.3 is 9.47 Å². The van der Waals surface area contributed by atoms with Crippen molar-refractivity contribution in [3.8, 4) is 0 Å². The van der Waals surface area contributed by atoms with Gasteiger partial charge in [-0.05, 0) is 37.0 Å². The van der Waals surface area contributed by atoms with Gasteiger partial charge in [-0.15, -0.1) is 0 Å². The lowest BCUT2D eigenvalue weighted by Gasteiger charge is -2.53. The third kappa shape index (κ3) is 1.00. The summed E-state index contributed by atoms with van der Waals surface area (Å²) in [5.74, 6) is 2.18. The van der Waals surface area contributed by atoms with Gasteiger partial charge in [0.05, 0.1) is 12.2 Å². The molecule has 3 heteroatoms. The van der Waals surface area contributed by atoms with Crippen molar-refractivity contribution < 1.29 is 9.47 Å². The second kappa shape index (κ2) is 2.99. The van der Waals surface area contributed by atoms with Crippen LogP contribution in [0.4, 0.5) is 0 Å². The molecular weight excluding hydrogens is 175 g/mol. The highest BCUT2D eigenvalue weighted by Crippen LogP contribution is 2.61. The highest BCUT2D eigenvalue weighted by atomic mass is 16.6. The Morgan fingerprint density at radius 3 is 3.14 bits per heavy atom. The van der Waals surface area contributed by atoms with Crippen molar-refractivity contribution in [2.24, 2.45) is 17.8 Å². The van der Waals surface area contributed by atoms with Crippen LogP contribution in [0.15, 0.2) is 0 Å². The first-order chi connectivity index (χ1) is 6.77. The summed E-state index contributed by atoms with van der Waals surface area (Å²) in [5.41, 5.74) is 0.00389. The summed E-state index contributed by atoms with van der Waals surface area (Å²) in [4.78, 5) is 0. The fourth-order valence-electron chi connectivity index (χ4n) is 4.08. The maximum atomic E-state index is 6.04. The molecule has 1 heterocycles. The van der Waals surface area contributed by atoms with Crippen LogP contribution < -0.4 is 0 Å². The number of methoxy groups -OCH3 is 1. The molecule has 0 N–H and O–H groups in total. The lowest BCUT2D eigenvalue weighted by molar-refractivity contribution is -0.165. The fraction of sp³-hybridized carbons (Fsp3) is 1.00. The van der Waals surface area contributed by atoms with Crippen molar-refractivity contribution in [3.63, 3.8) is 0 Å². The number of ether oxygens (including phenoxy) is 2. The molecule has 2 radical (unpaired) electrons. The van der Waals surface area contributed by atoms with Crippen molar-refractivity contribution in [1.82, 2.24) is 0 Å². The van der Waals surface area contributed by atoms with Gasteiger partial charge in [0.15, 0.2) is 0 Å². The molecule has 5 atom stereocenters. The van der Waals surface area contributed by atoms with E-state index >= 15 is 0 Å². The van der Waals surface area contributed by atoms with Crippen LogP contribution in [0.3, 0.4) is 0 Å². The van der Waals surface area contributed by atoms with Gasteiger partial charge in [-0.25, -0.2) is 0 Å². The van der Waals surface area contributed by atoms with Gasteiger partial charge in [0, 0.05) is 13.1 Å². The smallest absolute Gasteiger partial charge is 0.109 e. The molecule has 0 spiro atoms. The lowest BCUT2D eigenvalue weighted by atomic mass is 9.52. The first-order valence-corrected chi connectivity index (χ1v) is 5.69. The Balaban J connectivity index is 1.84. The Morgan fingerprint density at radius 2 is 2.36 bits per heavy atom. The Kier molecular flexibility index (Phi) is 1.97. The van der Waals surface area contributed by atoms with E-state index in [9.17, 15) is 0 Å². The van der Waals surface area contributed by atoms with Crippen LogP contribution in [0, 0.1) is 17.8 Å². The Morgan fingerprint density at radius 1 is 1.50 bits per heavy atom. The standard InChI is InChI=1S/C11H17BO2/c1-13-6-11-5-7-3-2-4-8(9(7)11)10(12)14-11/h7-10H,2-6H2,1H3/t7?,8-,9?,10?,11+/m0/s1. The van der Waals surface area contributed by atoms with Crippen molar-refractivity contribution in [2.45, 2.75) is 37.3 Å². The van der Waals surface area contributed by atoms with E-state index in [1.807, 2.05) is 0 Å². The average molecular weight is 192 g/mol. The second-order valence-corrected chi connectivity index (χ2v) is 5.16. The average Bonchev–Trinajstić information content (AvgIpc) is 2.38. The maximum Gasteiger partial charge on any atom is 0.109 e. The summed E-state index contributed by atoms with van der Waals surface area (Å²) in [5, 5.41) is 0. The summed E-state index contributed by atoms with van der Waals surface area (Å²) in [6.45, 7) is 0.734. The zero-order chi connectivity index (χ0) is 9.76. The molecule has 0 aromatic carbocycles. The molecule has 3 aliphatic rings. The third-order valence-corrected chi connectivity index (χ3v) is 4.48. The summed E-state index contributed by atoms with van der Waals surface area (Å²) in [6, 6.07) is -0.0274. The largest absolute Gasteiger partial charge is 0.382 e. The van der Waals surface area contributed by atoms with E-state index < -0.39 is 0 Å². The molecule has 0 amide bonds. The number of hydrogen-bond donors (Lipinski definition) is 0. The van der Waals surface area contributed by atoms with E-state index in [0.29, 0.717) is 11.8 Å². The zero-order valence-corrected chi connectivity index (χ0v) is 8.74. The molecule has 3 fully saturated rings. The van der Waals surface area contributed by atoms with Gasteiger partial charge in [0.2, 0.25) is 0 Å². The Hall–Kier alpha value is -0.0151. The molecule has 14 heavy (non-hydrogen) atoms. The fourth-order valence-corrected chi connectivity index (χ4v) is 4.08. The third-order valence-electron chi connectivity index (χ3n) is 4.48. The minimum Gasteiger partial charge on any atom is -0.382 e. The van der Waals surface area contributed by atoms with Crippen LogP contribution in [0.2, 0.25) is 0 Å². The zero-order valence-electron chi connectivity index (χ0n) is 8.74. The van der Waals surface area contributed by atoms with Gasteiger partial charge in [-0.2, -0.15) is 0 Å². The molecule has 3 rings (SSSR count). The minimum atomic E-state index is -0.0274. The molecule has 3 unspecified atom stereocenters. The minimum absolute atomic E-state index is 0.00389. The van der Waals surface area contributed by atoms with E-state index in [1.54, 1.807) is 7.11 Å². The monoisotopic (exact) mass is 192 g/mol. The topological polar surface area (TPSA) is 18.5 Å².